The number of imide groups is 1. The van der Waals surface area contributed by atoms with Gasteiger partial charge in [0.1, 0.15) is 11.4 Å². The topological polar surface area (TPSA) is 122 Å². The fraction of sp³-hybridized carbons (Fsp3) is 0.387. The van der Waals surface area contributed by atoms with Crippen molar-refractivity contribution in [2.24, 2.45) is 5.92 Å². The van der Waals surface area contributed by atoms with Gasteiger partial charge in [-0.15, -0.1) is 10.2 Å². The highest BCUT2D eigenvalue weighted by molar-refractivity contribution is 6.16. The van der Waals surface area contributed by atoms with Crippen molar-refractivity contribution in [2.75, 3.05) is 59.3 Å². The molecule has 5 heterocycles. The van der Waals surface area contributed by atoms with Gasteiger partial charge in [-0.3, -0.25) is 14.4 Å². The van der Waals surface area contributed by atoms with Crippen LogP contribution in [0.2, 0.25) is 0 Å². The maximum Gasteiger partial charge on any atom is 0.233 e. The molecule has 0 spiro atoms. The summed E-state index contributed by atoms with van der Waals surface area (Å²) >= 11 is 0. The molecule has 0 unspecified atom stereocenters. The molecule has 44 heavy (non-hydrogen) atoms. The monoisotopic (exact) mass is 603 g/mol. The third kappa shape index (κ3) is 4.85. The number of anilines is 4. The molecule has 13 heteroatoms. The van der Waals surface area contributed by atoms with Crippen LogP contribution in [0.1, 0.15) is 25.7 Å². The minimum absolute atomic E-state index is 0.00257. The van der Waals surface area contributed by atoms with E-state index in [0.29, 0.717) is 74.1 Å². The fourth-order valence-electron chi connectivity index (χ4n) is 6.72. The molecule has 3 aromatic rings. The summed E-state index contributed by atoms with van der Waals surface area (Å²) in [6.45, 7) is 2.96. The Morgan fingerprint density at radius 1 is 0.955 bits per heavy atom. The summed E-state index contributed by atoms with van der Waals surface area (Å²) in [6.07, 6.45) is 1.03. The molecular weight excluding hydrogens is 572 g/mol. The Morgan fingerprint density at radius 3 is 2.45 bits per heavy atom. The number of halogens is 2. The van der Waals surface area contributed by atoms with E-state index in [1.54, 1.807) is 23.1 Å². The Kier molecular flexibility index (Phi) is 7.02. The lowest BCUT2D eigenvalue weighted by Crippen LogP contribution is -2.59. The Hall–Kier alpha value is -4.81. The summed E-state index contributed by atoms with van der Waals surface area (Å²) in [4.78, 5) is 44.6. The van der Waals surface area contributed by atoms with E-state index in [-0.39, 0.29) is 42.1 Å². The molecule has 2 atom stereocenters. The minimum Gasteiger partial charge on any atom is -0.507 e. The van der Waals surface area contributed by atoms with Crippen molar-refractivity contribution in [3.05, 3.63) is 54.1 Å². The molecule has 3 amide bonds. The lowest BCUT2D eigenvalue weighted by Gasteiger charge is -2.46. The predicted octanol–water partition coefficient (Wildman–Crippen LogP) is 3.14. The van der Waals surface area contributed by atoms with Crippen LogP contribution in [-0.4, -0.2) is 83.2 Å². The van der Waals surface area contributed by atoms with Gasteiger partial charge in [0.2, 0.25) is 17.7 Å². The van der Waals surface area contributed by atoms with Gasteiger partial charge in [0, 0.05) is 63.4 Å². The van der Waals surface area contributed by atoms with E-state index in [1.165, 1.54) is 0 Å². The first-order valence-corrected chi connectivity index (χ1v) is 14.8. The zero-order chi connectivity index (χ0) is 30.5. The molecule has 3 fully saturated rings. The highest BCUT2D eigenvalue weighted by Crippen LogP contribution is 2.37. The number of phenolic OH excluding ortho intramolecular Hbond substituents is 1. The Bertz CT molecular complexity index is 1630. The van der Waals surface area contributed by atoms with Gasteiger partial charge in [0.25, 0.3) is 0 Å². The Morgan fingerprint density at radius 2 is 1.70 bits per heavy atom. The van der Waals surface area contributed by atoms with E-state index in [4.69, 9.17) is 0 Å². The zero-order valence-corrected chi connectivity index (χ0v) is 23.9. The van der Waals surface area contributed by atoms with Crippen LogP contribution in [0.5, 0.6) is 5.75 Å². The molecule has 3 saturated heterocycles. The third-order valence-electron chi connectivity index (χ3n) is 8.97. The molecular formula is C31H31F2N7O4. The van der Waals surface area contributed by atoms with Crippen LogP contribution in [0.4, 0.5) is 31.7 Å². The molecule has 4 aliphatic heterocycles. The number of hydrogen-bond donors (Lipinski definition) is 2. The van der Waals surface area contributed by atoms with Crippen LogP contribution in [0.15, 0.2) is 42.5 Å². The maximum atomic E-state index is 15.1. The fourth-order valence-corrected chi connectivity index (χ4v) is 6.72. The van der Waals surface area contributed by atoms with Crippen LogP contribution in [0.25, 0.3) is 11.3 Å². The van der Waals surface area contributed by atoms with E-state index < -0.39 is 29.1 Å². The first kappa shape index (κ1) is 28.0. The number of phenols is 1. The van der Waals surface area contributed by atoms with Crippen molar-refractivity contribution in [2.45, 2.75) is 31.7 Å². The summed E-state index contributed by atoms with van der Waals surface area (Å²) in [5.74, 6) is -2.73. The average molecular weight is 604 g/mol. The van der Waals surface area contributed by atoms with Crippen LogP contribution in [0.3, 0.4) is 0 Å². The number of nitrogens with one attached hydrogen (secondary N) is 1. The number of rotatable bonds is 4. The molecule has 0 bridgehead atoms. The number of piperidine rings is 1. The van der Waals surface area contributed by atoms with Gasteiger partial charge in [-0.25, -0.2) is 13.7 Å². The Balaban J connectivity index is 1.02. The van der Waals surface area contributed by atoms with E-state index >= 15 is 8.78 Å². The van der Waals surface area contributed by atoms with E-state index in [2.05, 4.69) is 20.4 Å². The quantitative estimate of drug-likeness (QED) is 0.433. The maximum absolute atomic E-state index is 15.1. The molecule has 2 N–H and O–H groups in total. The molecule has 228 valence electrons. The SMILES string of the molecule is O=C([C@H]1CCN(c2cc(F)c(N3C(=O)CCCC3=O)c(F)c2)C1)N1CCN2c3cc(-c4ccccc4O)nnc3NC[C@H]2C1. The van der Waals surface area contributed by atoms with Crippen molar-refractivity contribution in [3.8, 4) is 17.0 Å². The second-order valence-corrected chi connectivity index (χ2v) is 11.7. The van der Waals surface area contributed by atoms with Gasteiger partial charge >= 0.3 is 0 Å². The van der Waals surface area contributed by atoms with Crippen LogP contribution < -0.4 is 20.0 Å². The molecule has 2 aromatic carbocycles. The Labute approximate surface area is 252 Å². The summed E-state index contributed by atoms with van der Waals surface area (Å²) < 4.78 is 30.3. The van der Waals surface area contributed by atoms with Gasteiger partial charge < -0.3 is 25.1 Å². The highest BCUT2D eigenvalue weighted by Gasteiger charge is 2.39. The largest absolute Gasteiger partial charge is 0.507 e. The second kappa shape index (κ2) is 11.0. The molecule has 0 aliphatic carbocycles. The van der Waals surface area contributed by atoms with Crippen molar-refractivity contribution in [1.82, 2.24) is 15.1 Å². The zero-order valence-electron chi connectivity index (χ0n) is 23.9. The third-order valence-corrected chi connectivity index (χ3v) is 8.97. The van der Waals surface area contributed by atoms with Gasteiger partial charge in [0.15, 0.2) is 17.5 Å². The van der Waals surface area contributed by atoms with Gasteiger partial charge in [-0.05, 0) is 43.2 Å². The number of para-hydroxylation sites is 1. The summed E-state index contributed by atoms with van der Waals surface area (Å²) in [5.41, 5.74) is 1.66. The predicted molar refractivity (Wildman–Crippen MR) is 158 cm³/mol. The number of piperazine rings is 1. The molecule has 0 saturated carbocycles. The first-order chi connectivity index (χ1) is 21.3. The first-order valence-electron chi connectivity index (χ1n) is 14.8. The number of aromatic nitrogens is 2. The number of amides is 3. The number of aromatic hydroxyl groups is 1. The van der Waals surface area contributed by atoms with Crippen LogP contribution >= 0.6 is 0 Å². The average Bonchev–Trinajstić information content (AvgIpc) is 3.52. The normalized spacial score (nSPS) is 21.7. The summed E-state index contributed by atoms with van der Waals surface area (Å²) in [7, 11) is 0. The summed E-state index contributed by atoms with van der Waals surface area (Å²) in [6, 6.07) is 11.2. The summed E-state index contributed by atoms with van der Waals surface area (Å²) in [5, 5.41) is 22.2. The standard InChI is InChI=1S/C31H31F2N7O4/c32-22-12-19(13-23(33)29(22)40-27(42)6-3-7-28(40)43)37-9-8-18(16-37)31(44)38-10-11-39-20(17-38)15-34-30-25(39)14-24(35-36-30)21-4-1-2-5-26(21)41/h1-2,4-5,12-14,18,20,41H,3,6-11,15-17H2,(H,34,36)/t18-,20-/m0/s1. The van der Waals surface area contributed by atoms with Gasteiger partial charge in [-0.2, -0.15) is 0 Å². The smallest absolute Gasteiger partial charge is 0.233 e. The van der Waals surface area contributed by atoms with E-state index in [9.17, 15) is 19.5 Å². The van der Waals surface area contributed by atoms with Gasteiger partial charge in [-0.1, -0.05) is 12.1 Å². The lowest BCUT2D eigenvalue weighted by molar-refractivity contribution is -0.135. The van der Waals surface area contributed by atoms with Crippen LogP contribution in [0, 0.1) is 17.6 Å². The van der Waals surface area contributed by atoms with E-state index in [1.807, 2.05) is 17.0 Å². The number of hydrogen-bond acceptors (Lipinski definition) is 9. The second-order valence-electron chi connectivity index (χ2n) is 11.7. The van der Waals surface area contributed by atoms with Crippen molar-refractivity contribution in [1.29, 1.82) is 0 Å². The van der Waals surface area contributed by atoms with Crippen molar-refractivity contribution < 1.29 is 28.3 Å². The van der Waals surface area contributed by atoms with Gasteiger partial charge in [0.05, 0.1) is 23.3 Å². The number of nitrogens with zero attached hydrogens (tertiary/aromatic N) is 6. The highest BCUT2D eigenvalue weighted by atomic mass is 19.1. The van der Waals surface area contributed by atoms with Crippen molar-refractivity contribution >= 4 is 40.6 Å². The molecule has 4 aliphatic rings. The van der Waals surface area contributed by atoms with E-state index in [0.717, 1.165) is 17.8 Å². The van der Waals surface area contributed by atoms with Crippen molar-refractivity contribution in [3.63, 3.8) is 0 Å². The number of benzene rings is 2. The number of fused-ring (bicyclic) bond motifs is 3. The lowest BCUT2D eigenvalue weighted by atomic mass is 10.0. The molecule has 11 nitrogen and oxygen atoms in total. The molecule has 7 rings (SSSR count). The number of carbonyl (C=O) groups is 3. The van der Waals surface area contributed by atoms with Crippen LogP contribution in [-0.2, 0) is 14.4 Å². The molecule has 0 radical (unpaired) electrons. The number of carbonyl (C=O) groups excluding carboxylic acids is 3. The minimum atomic E-state index is -0.977. The molecule has 1 aromatic heterocycles.